The number of thiophene rings is 1. The lowest BCUT2D eigenvalue weighted by Crippen LogP contribution is -1.89. The van der Waals surface area contributed by atoms with E-state index in [1.807, 2.05) is 29.6 Å². The van der Waals surface area contributed by atoms with Crippen molar-refractivity contribution in [1.82, 2.24) is 5.16 Å². The second kappa shape index (κ2) is 5.31. The van der Waals surface area contributed by atoms with Gasteiger partial charge in [0.1, 0.15) is 0 Å². The van der Waals surface area contributed by atoms with Gasteiger partial charge in [0.2, 0.25) is 0 Å². The van der Waals surface area contributed by atoms with Crippen molar-refractivity contribution in [3.05, 3.63) is 46.3 Å². The molecule has 0 atom stereocenters. The van der Waals surface area contributed by atoms with Gasteiger partial charge in [-0.3, -0.25) is 0 Å². The zero-order valence-electron chi connectivity index (χ0n) is 10.9. The number of rotatable bonds is 3. The number of aryl methyl sites for hydroxylation is 1. The molecule has 0 radical (unpaired) electrons. The maximum Gasteiger partial charge on any atom is 0.187 e. The van der Waals surface area contributed by atoms with Crippen LogP contribution in [0.3, 0.4) is 0 Å². The van der Waals surface area contributed by atoms with Crippen LogP contribution in [0, 0.1) is 0 Å². The third kappa shape index (κ3) is 2.11. The Morgan fingerprint density at radius 3 is 2.85 bits per heavy atom. The van der Waals surface area contributed by atoms with Crippen molar-refractivity contribution < 1.29 is 4.52 Å². The predicted molar refractivity (Wildman–Crippen MR) is 84.1 cm³/mol. The normalized spacial score (nSPS) is 10.9. The van der Waals surface area contributed by atoms with Crippen LogP contribution in [0.1, 0.15) is 12.5 Å². The van der Waals surface area contributed by atoms with E-state index in [2.05, 4.69) is 18.1 Å². The summed E-state index contributed by atoms with van der Waals surface area (Å²) in [7, 11) is 0. The second-order valence-electron chi connectivity index (χ2n) is 4.38. The molecule has 3 nitrogen and oxygen atoms in total. The van der Waals surface area contributed by atoms with Crippen LogP contribution >= 0.6 is 22.9 Å². The summed E-state index contributed by atoms with van der Waals surface area (Å²) in [6, 6.07) is 9.66. The molecule has 0 aliphatic carbocycles. The molecule has 2 N–H and O–H groups in total. The smallest absolute Gasteiger partial charge is 0.187 e. The largest absolute Gasteiger partial charge is 0.380 e. The van der Waals surface area contributed by atoms with Gasteiger partial charge in [0, 0.05) is 10.6 Å². The van der Waals surface area contributed by atoms with E-state index in [0.29, 0.717) is 16.6 Å². The standard InChI is InChI=1S/C15H13ClN2OS/c1-2-9-7-8-20-14(9)13-12(15(17)18-19-13)10-5-3-4-6-11(10)16/h3-8H,2H2,1H3,(H2,17,18). The number of benzene rings is 1. The number of nitrogens with two attached hydrogens (primary N) is 1. The summed E-state index contributed by atoms with van der Waals surface area (Å²) in [5.74, 6) is 1.06. The molecule has 5 heteroatoms. The molecule has 102 valence electrons. The van der Waals surface area contributed by atoms with E-state index >= 15 is 0 Å². The van der Waals surface area contributed by atoms with Crippen LogP contribution in [-0.4, -0.2) is 5.16 Å². The summed E-state index contributed by atoms with van der Waals surface area (Å²) < 4.78 is 5.47. The van der Waals surface area contributed by atoms with Gasteiger partial charge in [-0.1, -0.05) is 41.9 Å². The molecule has 0 unspecified atom stereocenters. The van der Waals surface area contributed by atoms with Crippen molar-refractivity contribution in [1.29, 1.82) is 0 Å². The number of aromatic nitrogens is 1. The first kappa shape index (κ1) is 13.2. The van der Waals surface area contributed by atoms with Crippen LogP contribution in [0.2, 0.25) is 5.02 Å². The first-order chi connectivity index (χ1) is 9.72. The summed E-state index contributed by atoms with van der Waals surface area (Å²) in [6.45, 7) is 2.11. The zero-order chi connectivity index (χ0) is 14.1. The number of nitrogens with zero attached hydrogens (tertiary/aromatic N) is 1. The lowest BCUT2D eigenvalue weighted by molar-refractivity contribution is 0.436. The molecule has 0 fully saturated rings. The molecule has 0 amide bonds. The lowest BCUT2D eigenvalue weighted by Gasteiger charge is -2.05. The van der Waals surface area contributed by atoms with Crippen molar-refractivity contribution in [3.8, 4) is 21.8 Å². The number of nitrogen functional groups attached to an aromatic ring is 1. The first-order valence-corrected chi connectivity index (χ1v) is 7.55. The monoisotopic (exact) mass is 304 g/mol. The highest BCUT2D eigenvalue weighted by atomic mass is 35.5. The van der Waals surface area contributed by atoms with E-state index in [1.165, 1.54) is 5.56 Å². The van der Waals surface area contributed by atoms with Gasteiger partial charge in [-0.15, -0.1) is 11.3 Å². The van der Waals surface area contributed by atoms with Gasteiger partial charge in [-0.2, -0.15) is 0 Å². The topological polar surface area (TPSA) is 52.0 Å². The Balaban J connectivity index is 2.23. The first-order valence-electron chi connectivity index (χ1n) is 6.29. The fraction of sp³-hybridized carbons (Fsp3) is 0.133. The van der Waals surface area contributed by atoms with Crippen molar-refractivity contribution in [2.45, 2.75) is 13.3 Å². The van der Waals surface area contributed by atoms with Gasteiger partial charge in [-0.05, 0) is 29.5 Å². The minimum Gasteiger partial charge on any atom is -0.380 e. The summed E-state index contributed by atoms with van der Waals surface area (Å²) in [5, 5.41) is 6.60. The number of hydrogen-bond donors (Lipinski definition) is 1. The summed E-state index contributed by atoms with van der Waals surface area (Å²) in [5.41, 5.74) is 8.82. The van der Waals surface area contributed by atoms with Gasteiger partial charge < -0.3 is 10.3 Å². The molecule has 2 heterocycles. The van der Waals surface area contributed by atoms with E-state index < -0.39 is 0 Å². The molecule has 0 spiro atoms. The molecule has 0 bridgehead atoms. The SMILES string of the molecule is CCc1ccsc1-c1onc(N)c1-c1ccccc1Cl. The van der Waals surface area contributed by atoms with Crippen molar-refractivity contribution >= 4 is 28.8 Å². The Bertz CT molecular complexity index is 748. The molecular weight excluding hydrogens is 292 g/mol. The Hall–Kier alpha value is -1.78. The van der Waals surface area contributed by atoms with E-state index in [4.69, 9.17) is 21.9 Å². The van der Waals surface area contributed by atoms with Crippen molar-refractivity contribution in [2.24, 2.45) is 0 Å². The third-order valence-corrected chi connectivity index (χ3v) is 4.48. The highest BCUT2D eigenvalue weighted by molar-refractivity contribution is 7.13. The molecule has 0 saturated heterocycles. The zero-order valence-corrected chi connectivity index (χ0v) is 12.5. The van der Waals surface area contributed by atoms with Crippen LogP contribution in [0.15, 0.2) is 40.2 Å². The maximum absolute atomic E-state index is 6.27. The van der Waals surface area contributed by atoms with E-state index in [1.54, 1.807) is 11.3 Å². The highest BCUT2D eigenvalue weighted by Crippen LogP contribution is 2.42. The van der Waals surface area contributed by atoms with Crippen LogP contribution in [-0.2, 0) is 6.42 Å². The highest BCUT2D eigenvalue weighted by Gasteiger charge is 2.22. The molecule has 20 heavy (non-hydrogen) atoms. The molecule has 2 aromatic heterocycles. The fourth-order valence-electron chi connectivity index (χ4n) is 2.19. The van der Waals surface area contributed by atoms with E-state index in [9.17, 15) is 0 Å². The average Bonchev–Trinajstić information content (AvgIpc) is 3.05. The van der Waals surface area contributed by atoms with Gasteiger partial charge in [0.05, 0.1) is 10.4 Å². The van der Waals surface area contributed by atoms with Gasteiger partial charge in [-0.25, -0.2) is 0 Å². The Labute approximate surface area is 126 Å². The molecule has 0 aliphatic heterocycles. The molecule has 3 rings (SSSR count). The summed E-state index contributed by atoms with van der Waals surface area (Å²) in [6.07, 6.45) is 0.932. The predicted octanol–water partition coefficient (Wildman–Crippen LogP) is 4.87. The van der Waals surface area contributed by atoms with Gasteiger partial charge in [0.15, 0.2) is 11.6 Å². The quantitative estimate of drug-likeness (QED) is 0.751. The maximum atomic E-state index is 6.27. The van der Waals surface area contributed by atoms with Crippen molar-refractivity contribution in [2.75, 3.05) is 5.73 Å². The van der Waals surface area contributed by atoms with E-state index in [-0.39, 0.29) is 0 Å². The number of halogens is 1. The lowest BCUT2D eigenvalue weighted by atomic mass is 10.0. The van der Waals surface area contributed by atoms with Crippen LogP contribution in [0.4, 0.5) is 5.82 Å². The van der Waals surface area contributed by atoms with Gasteiger partial charge in [0.25, 0.3) is 0 Å². The number of anilines is 1. The second-order valence-corrected chi connectivity index (χ2v) is 5.70. The summed E-state index contributed by atoms with van der Waals surface area (Å²) >= 11 is 7.90. The Kier molecular flexibility index (Phi) is 3.51. The molecule has 0 aliphatic rings. The Morgan fingerprint density at radius 1 is 1.30 bits per heavy atom. The molecule has 1 aromatic carbocycles. The minimum atomic E-state index is 0.364. The number of hydrogen-bond acceptors (Lipinski definition) is 4. The van der Waals surface area contributed by atoms with Crippen LogP contribution in [0.5, 0.6) is 0 Å². The fourth-order valence-corrected chi connectivity index (χ4v) is 3.40. The molecule has 3 aromatic rings. The Morgan fingerprint density at radius 2 is 2.10 bits per heavy atom. The summed E-state index contributed by atoms with van der Waals surface area (Å²) in [4.78, 5) is 1.06. The van der Waals surface area contributed by atoms with E-state index in [0.717, 1.165) is 22.4 Å². The van der Waals surface area contributed by atoms with Gasteiger partial charge >= 0.3 is 0 Å². The molecule has 0 saturated carbocycles. The average molecular weight is 305 g/mol. The van der Waals surface area contributed by atoms with Crippen LogP contribution < -0.4 is 5.73 Å². The molecular formula is C15H13ClN2OS. The third-order valence-electron chi connectivity index (χ3n) is 3.20. The van der Waals surface area contributed by atoms with Crippen molar-refractivity contribution in [3.63, 3.8) is 0 Å². The minimum absolute atomic E-state index is 0.364. The van der Waals surface area contributed by atoms with Crippen LogP contribution in [0.25, 0.3) is 21.8 Å².